The van der Waals surface area contributed by atoms with E-state index >= 15 is 0 Å². The highest BCUT2D eigenvalue weighted by atomic mass is 16.5. The first kappa shape index (κ1) is 12.2. The van der Waals surface area contributed by atoms with Crippen LogP contribution in [0.2, 0.25) is 0 Å². The zero-order chi connectivity index (χ0) is 12.1. The van der Waals surface area contributed by atoms with Gasteiger partial charge in [0.1, 0.15) is 0 Å². The normalized spacial score (nSPS) is 10.7. The molecule has 2 N–H and O–H groups in total. The Morgan fingerprint density at radius 2 is 2.25 bits per heavy atom. The minimum Gasteiger partial charge on any atom is -0.463 e. The molecule has 0 bridgehead atoms. The second-order valence-corrected chi connectivity index (χ2v) is 3.44. The van der Waals surface area contributed by atoms with Crippen LogP contribution in [0.1, 0.15) is 23.9 Å². The molecule has 1 aromatic rings. The van der Waals surface area contributed by atoms with E-state index in [2.05, 4.69) is 4.98 Å². The molecule has 0 atom stereocenters. The third-order valence-corrected chi connectivity index (χ3v) is 2.08. The predicted octanol–water partition coefficient (Wildman–Crippen LogP) is 1.86. The van der Waals surface area contributed by atoms with Gasteiger partial charge in [-0.25, -0.2) is 4.79 Å². The Morgan fingerprint density at radius 1 is 1.56 bits per heavy atom. The lowest BCUT2D eigenvalue weighted by Gasteiger charge is -2.05. The first-order valence-electron chi connectivity index (χ1n) is 5.13. The zero-order valence-electron chi connectivity index (χ0n) is 9.78. The number of aryl methyl sites for hydroxylation is 2. The Hall–Kier alpha value is -1.84. The van der Waals surface area contributed by atoms with Crippen LogP contribution in [0.15, 0.2) is 12.1 Å². The van der Waals surface area contributed by atoms with Gasteiger partial charge in [-0.1, -0.05) is 0 Å². The maximum atomic E-state index is 11.1. The lowest BCUT2D eigenvalue weighted by molar-refractivity contribution is -0.137. The third kappa shape index (κ3) is 3.08. The summed E-state index contributed by atoms with van der Waals surface area (Å²) in [6.07, 6.45) is 2.99. The summed E-state index contributed by atoms with van der Waals surface area (Å²) in [7, 11) is 0. The van der Waals surface area contributed by atoms with Gasteiger partial charge in [0.25, 0.3) is 0 Å². The molecule has 0 aliphatic carbocycles. The lowest BCUT2D eigenvalue weighted by Crippen LogP contribution is -2.01. The van der Waals surface area contributed by atoms with Crippen LogP contribution < -0.4 is 5.73 Å². The summed E-state index contributed by atoms with van der Waals surface area (Å²) in [4.78, 5) is 15.4. The molecule has 0 unspecified atom stereocenters. The van der Waals surface area contributed by atoms with E-state index in [0.717, 1.165) is 17.0 Å². The van der Waals surface area contributed by atoms with Crippen molar-refractivity contribution < 1.29 is 9.53 Å². The molecule has 4 heteroatoms. The van der Waals surface area contributed by atoms with Crippen molar-refractivity contribution in [3.8, 4) is 0 Å². The second-order valence-electron chi connectivity index (χ2n) is 3.44. The summed E-state index contributed by atoms with van der Waals surface area (Å²) in [5.41, 5.74) is 8.89. The maximum absolute atomic E-state index is 11.1. The van der Waals surface area contributed by atoms with Gasteiger partial charge in [0.15, 0.2) is 0 Å². The molecule has 0 aliphatic rings. The van der Waals surface area contributed by atoms with Crippen LogP contribution in [-0.2, 0) is 9.53 Å². The van der Waals surface area contributed by atoms with Crippen LogP contribution in [0.3, 0.4) is 0 Å². The molecule has 0 amide bonds. The van der Waals surface area contributed by atoms with E-state index in [4.69, 9.17) is 10.5 Å². The smallest absolute Gasteiger partial charge is 0.330 e. The SMILES string of the molecule is CCOC(=O)/C=C/c1c(N)cc(C)nc1C. The van der Waals surface area contributed by atoms with Crippen molar-refractivity contribution in [1.29, 1.82) is 0 Å². The Bertz CT molecular complexity index is 402. The Morgan fingerprint density at radius 3 is 2.81 bits per heavy atom. The first-order valence-corrected chi connectivity index (χ1v) is 5.13. The van der Waals surface area contributed by atoms with Crippen LogP contribution in [-0.4, -0.2) is 17.6 Å². The highest BCUT2D eigenvalue weighted by Gasteiger charge is 2.03. The van der Waals surface area contributed by atoms with Crippen LogP contribution in [0, 0.1) is 13.8 Å². The van der Waals surface area contributed by atoms with Crippen molar-refractivity contribution in [3.63, 3.8) is 0 Å². The quantitative estimate of drug-likeness (QED) is 0.623. The topological polar surface area (TPSA) is 65.2 Å². The molecule has 0 saturated carbocycles. The fourth-order valence-electron chi connectivity index (χ4n) is 1.43. The summed E-state index contributed by atoms with van der Waals surface area (Å²) < 4.78 is 4.78. The summed E-state index contributed by atoms with van der Waals surface area (Å²) in [5.74, 6) is -0.373. The van der Waals surface area contributed by atoms with Gasteiger partial charge in [0.2, 0.25) is 0 Å². The van der Waals surface area contributed by atoms with Crippen molar-refractivity contribution in [2.24, 2.45) is 0 Å². The number of ether oxygens (including phenoxy) is 1. The van der Waals surface area contributed by atoms with Crippen LogP contribution in [0.4, 0.5) is 5.69 Å². The van der Waals surface area contributed by atoms with Crippen molar-refractivity contribution in [2.45, 2.75) is 20.8 Å². The lowest BCUT2D eigenvalue weighted by atomic mass is 10.1. The average Bonchev–Trinajstić information content (AvgIpc) is 2.16. The number of esters is 1. The molecule has 16 heavy (non-hydrogen) atoms. The van der Waals surface area contributed by atoms with E-state index < -0.39 is 0 Å². The molecule has 4 nitrogen and oxygen atoms in total. The molecule has 1 aromatic heterocycles. The zero-order valence-corrected chi connectivity index (χ0v) is 9.78. The largest absolute Gasteiger partial charge is 0.463 e. The molecule has 0 saturated heterocycles. The van der Waals surface area contributed by atoms with Gasteiger partial charge in [0, 0.05) is 28.7 Å². The van der Waals surface area contributed by atoms with Gasteiger partial charge in [-0.2, -0.15) is 0 Å². The summed E-state index contributed by atoms with van der Waals surface area (Å²) in [6, 6.07) is 1.78. The van der Waals surface area contributed by atoms with Crippen molar-refractivity contribution in [3.05, 3.63) is 29.1 Å². The van der Waals surface area contributed by atoms with E-state index in [1.54, 1.807) is 19.1 Å². The van der Waals surface area contributed by atoms with Crippen LogP contribution in [0.25, 0.3) is 6.08 Å². The number of nitrogens with two attached hydrogens (primary N) is 1. The molecule has 0 radical (unpaired) electrons. The number of pyridine rings is 1. The summed E-state index contributed by atoms with van der Waals surface area (Å²) in [5, 5.41) is 0. The highest BCUT2D eigenvalue weighted by Crippen LogP contribution is 2.17. The van der Waals surface area contributed by atoms with Gasteiger partial charge in [-0.3, -0.25) is 4.98 Å². The number of nitrogens with zero attached hydrogens (tertiary/aromatic N) is 1. The minimum absolute atomic E-state index is 0.365. The standard InChI is InChI=1S/C12H16N2O2/c1-4-16-12(15)6-5-10-9(3)14-8(2)7-11(10)13/h5-7H,4H2,1-3H3,(H2,13,14)/b6-5+. The van der Waals surface area contributed by atoms with E-state index in [1.807, 2.05) is 13.8 Å². The summed E-state index contributed by atoms with van der Waals surface area (Å²) >= 11 is 0. The van der Waals surface area contributed by atoms with Gasteiger partial charge in [0.05, 0.1) is 6.61 Å². The number of rotatable bonds is 3. The maximum Gasteiger partial charge on any atom is 0.330 e. The molecule has 1 heterocycles. The van der Waals surface area contributed by atoms with E-state index in [1.165, 1.54) is 6.08 Å². The number of aromatic nitrogens is 1. The number of nitrogen functional groups attached to an aromatic ring is 1. The minimum atomic E-state index is -0.373. The molecular weight excluding hydrogens is 204 g/mol. The van der Waals surface area contributed by atoms with Crippen LogP contribution >= 0.6 is 0 Å². The monoisotopic (exact) mass is 220 g/mol. The second kappa shape index (κ2) is 5.30. The summed E-state index contributed by atoms with van der Waals surface area (Å²) in [6.45, 7) is 5.86. The Balaban J connectivity index is 2.93. The molecule has 0 fully saturated rings. The molecule has 0 aromatic carbocycles. The van der Waals surface area contributed by atoms with Gasteiger partial charge in [-0.15, -0.1) is 0 Å². The highest BCUT2D eigenvalue weighted by molar-refractivity contribution is 5.88. The number of carbonyl (C=O) groups excluding carboxylic acids is 1. The van der Waals surface area contributed by atoms with Gasteiger partial charge in [-0.05, 0) is 32.9 Å². The van der Waals surface area contributed by atoms with Gasteiger partial charge < -0.3 is 10.5 Å². The molecule has 1 rings (SSSR count). The van der Waals surface area contributed by atoms with E-state index in [-0.39, 0.29) is 5.97 Å². The van der Waals surface area contributed by atoms with Crippen molar-refractivity contribution in [1.82, 2.24) is 4.98 Å². The van der Waals surface area contributed by atoms with Gasteiger partial charge >= 0.3 is 5.97 Å². The van der Waals surface area contributed by atoms with E-state index in [9.17, 15) is 4.79 Å². The number of anilines is 1. The molecule has 0 spiro atoms. The fraction of sp³-hybridized carbons (Fsp3) is 0.333. The fourth-order valence-corrected chi connectivity index (χ4v) is 1.43. The molecule has 0 aliphatic heterocycles. The predicted molar refractivity (Wildman–Crippen MR) is 63.8 cm³/mol. The Labute approximate surface area is 95.1 Å². The van der Waals surface area contributed by atoms with E-state index in [0.29, 0.717) is 12.3 Å². The van der Waals surface area contributed by atoms with Crippen molar-refractivity contribution >= 4 is 17.7 Å². The Kier molecular flexibility index (Phi) is 4.05. The molecule has 86 valence electrons. The average molecular weight is 220 g/mol. The number of hydrogen-bond donors (Lipinski definition) is 1. The number of hydrogen-bond acceptors (Lipinski definition) is 4. The van der Waals surface area contributed by atoms with Crippen LogP contribution in [0.5, 0.6) is 0 Å². The van der Waals surface area contributed by atoms with Crippen molar-refractivity contribution in [2.75, 3.05) is 12.3 Å². The first-order chi connectivity index (χ1) is 7.54. The molecular formula is C12H16N2O2. The number of carbonyl (C=O) groups is 1. The third-order valence-electron chi connectivity index (χ3n) is 2.08.